The lowest BCUT2D eigenvalue weighted by Gasteiger charge is -2.23. The minimum absolute atomic E-state index is 0.00189. The SMILES string of the molecule is CCCCC[C@H](CN(C=O)OCc1ccccc1)C(=O)NCNC(=O)c1ccc(-c2cccc(OCC(F)(F)F)c2)o1. The van der Waals surface area contributed by atoms with Gasteiger partial charge in [0.15, 0.2) is 12.4 Å². The number of halogens is 3. The monoisotopic (exact) mass is 589 g/mol. The Morgan fingerprint density at radius 2 is 1.81 bits per heavy atom. The minimum Gasteiger partial charge on any atom is -0.484 e. The van der Waals surface area contributed by atoms with Crippen molar-refractivity contribution in [2.24, 2.45) is 5.92 Å². The third-order valence-corrected chi connectivity index (χ3v) is 6.15. The van der Waals surface area contributed by atoms with Gasteiger partial charge in [-0.2, -0.15) is 13.2 Å². The topological polar surface area (TPSA) is 110 Å². The number of alkyl halides is 3. The van der Waals surface area contributed by atoms with Crippen LogP contribution in [-0.4, -0.2) is 49.3 Å². The first-order valence-electron chi connectivity index (χ1n) is 13.5. The molecule has 3 aromatic rings. The zero-order chi connectivity index (χ0) is 30.4. The molecular weight excluding hydrogens is 555 g/mol. The molecule has 2 aromatic carbocycles. The average molecular weight is 590 g/mol. The number of benzene rings is 2. The van der Waals surface area contributed by atoms with Crippen LogP contribution in [0.5, 0.6) is 5.75 Å². The van der Waals surface area contributed by atoms with E-state index in [0.29, 0.717) is 18.4 Å². The molecule has 0 saturated carbocycles. The fourth-order valence-electron chi connectivity index (χ4n) is 3.98. The van der Waals surface area contributed by atoms with Gasteiger partial charge in [0.1, 0.15) is 18.1 Å². The maximum atomic E-state index is 13.0. The number of nitrogens with zero attached hydrogens (tertiary/aromatic N) is 1. The van der Waals surface area contributed by atoms with Crippen LogP contribution in [0.15, 0.2) is 71.1 Å². The summed E-state index contributed by atoms with van der Waals surface area (Å²) in [5, 5.41) is 6.32. The Kier molecular flexibility index (Phi) is 12.4. The Balaban J connectivity index is 1.52. The molecular formula is C30H34F3N3O6. The second-order valence-electron chi connectivity index (χ2n) is 9.48. The molecule has 0 aliphatic rings. The molecule has 2 N–H and O–H groups in total. The molecule has 0 aliphatic heterocycles. The van der Waals surface area contributed by atoms with E-state index in [1.54, 1.807) is 6.07 Å². The number of hydrogen-bond acceptors (Lipinski definition) is 6. The lowest BCUT2D eigenvalue weighted by Crippen LogP contribution is -2.43. The lowest BCUT2D eigenvalue weighted by atomic mass is 10.0. The summed E-state index contributed by atoms with van der Waals surface area (Å²) in [6.45, 7) is 0.651. The summed E-state index contributed by atoms with van der Waals surface area (Å²) in [5.74, 6) is -1.31. The molecule has 3 amide bonds. The number of amides is 3. The van der Waals surface area contributed by atoms with Gasteiger partial charge in [0.05, 0.1) is 19.1 Å². The normalized spacial score (nSPS) is 11.9. The largest absolute Gasteiger partial charge is 0.484 e. The fraction of sp³-hybridized carbons (Fsp3) is 0.367. The predicted molar refractivity (Wildman–Crippen MR) is 148 cm³/mol. The van der Waals surface area contributed by atoms with Crippen LogP contribution < -0.4 is 15.4 Å². The summed E-state index contributed by atoms with van der Waals surface area (Å²) in [6.07, 6.45) is -0.741. The summed E-state index contributed by atoms with van der Waals surface area (Å²) < 4.78 is 47.7. The van der Waals surface area contributed by atoms with Crippen molar-refractivity contribution in [2.45, 2.75) is 45.4 Å². The first-order valence-corrected chi connectivity index (χ1v) is 13.5. The van der Waals surface area contributed by atoms with Gasteiger partial charge >= 0.3 is 6.18 Å². The highest BCUT2D eigenvalue weighted by Gasteiger charge is 2.28. The standard InChI is InChI=1S/C30H34F3N3O6/c1-2-3-5-11-24(17-36(21-37)41-18-22-9-6-4-7-10-22)28(38)34-20-35-29(39)27-15-14-26(42-27)23-12-8-13-25(16-23)40-19-30(31,32)33/h4,6-10,12-16,21,24H,2-3,5,11,17-20H2,1H3,(H,34,38)(H,35,39)/t24-/m1/s1. The molecule has 12 heteroatoms. The maximum Gasteiger partial charge on any atom is 0.422 e. The van der Waals surface area contributed by atoms with Crippen molar-refractivity contribution in [2.75, 3.05) is 19.8 Å². The average Bonchev–Trinajstić information content (AvgIpc) is 3.48. The van der Waals surface area contributed by atoms with Gasteiger partial charge in [-0.15, -0.1) is 0 Å². The van der Waals surface area contributed by atoms with Gasteiger partial charge in [0.25, 0.3) is 5.91 Å². The number of carbonyl (C=O) groups excluding carboxylic acids is 3. The van der Waals surface area contributed by atoms with Gasteiger partial charge < -0.3 is 19.8 Å². The van der Waals surface area contributed by atoms with Gasteiger partial charge in [0, 0.05) is 5.56 Å². The molecule has 1 aromatic heterocycles. The second-order valence-corrected chi connectivity index (χ2v) is 9.48. The molecule has 1 heterocycles. The smallest absolute Gasteiger partial charge is 0.422 e. The first-order chi connectivity index (χ1) is 20.2. The van der Waals surface area contributed by atoms with Crippen molar-refractivity contribution in [3.05, 3.63) is 78.1 Å². The summed E-state index contributed by atoms with van der Waals surface area (Å²) >= 11 is 0. The van der Waals surface area contributed by atoms with E-state index in [2.05, 4.69) is 10.6 Å². The fourth-order valence-corrected chi connectivity index (χ4v) is 3.98. The molecule has 0 saturated heterocycles. The number of nitrogens with one attached hydrogen (secondary N) is 2. The Morgan fingerprint density at radius 1 is 1.02 bits per heavy atom. The first kappa shape index (κ1) is 32.2. The number of furan rings is 1. The van der Waals surface area contributed by atoms with Crippen LogP contribution in [0.3, 0.4) is 0 Å². The van der Waals surface area contributed by atoms with Crippen LogP contribution in [0.1, 0.15) is 48.7 Å². The molecule has 0 spiro atoms. The molecule has 9 nitrogen and oxygen atoms in total. The molecule has 3 rings (SSSR count). The highest BCUT2D eigenvalue weighted by atomic mass is 19.4. The third-order valence-electron chi connectivity index (χ3n) is 6.15. The quantitative estimate of drug-likeness (QED) is 0.0935. The minimum atomic E-state index is -4.47. The van der Waals surface area contributed by atoms with Crippen molar-refractivity contribution >= 4 is 18.2 Å². The zero-order valence-corrected chi connectivity index (χ0v) is 23.2. The molecule has 226 valence electrons. The molecule has 42 heavy (non-hydrogen) atoms. The number of hydrogen-bond donors (Lipinski definition) is 2. The van der Waals surface area contributed by atoms with Gasteiger partial charge in [0.2, 0.25) is 12.3 Å². The molecule has 0 unspecified atom stereocenters. The van der Waals surface area contributed by atoms with Gasteiger partial charge in [-0.25, -0.2) is 5.06 Å². The Bertz CT molecular complexity index is 1280. The number of unbranched alkanes of at least 4 members (excludes halogenated alkanes) is 2. The van der Waals surface area contributed by atoms with E-state index in [-0.39, 0.29) is 43.0 Å². The lowest BCUT2D eigenvalue weighted by molar-refractivity contribution is -0.182. The second kappa shape index (κ2) is 16.2. The van der Waals surface area contributed by atoms with E-state index in [1.807, 2.05) is 37.3 Å². The molecule has 0 aliphatic carbocycles. The summed E-state index contributed by atoms with van der Waals surface area (Å²) in [5.41, 5.74) is 1.30. The van der Waals surface area contributed by atoms with Gasteiger partial charge in [-0.3, -0.25) is 19.2 Å². The van der Waals surface area contributed by atoms with E-state index in [9.17, 15) is 27.6 Å². The number of hydroxylamine groups is 2. The van der Waals surface area contributed by atoms with E-state index >= 15 is 0 Å². The van der Waals surface area contributed by atoms with Crippen LogP contribution in [0.2, 0.25) is 0 Å². The van der Waals surface area contributed by atoms with Crippen LogP contribution in [0.25, 0.3) is 11.3 Å². The molecule has 0 radical (unpaired) electrons. The Morgan fingerprint density at radius 3 is 2.52 bits per heavy atom. The van der Waals surface area contributed by atoms with E-state index < -0.39 is 24.6 Å². The molecule has 0 fully saturated rings. The zero-order valence-electron chi connectivity index (χ0n) is 23.2. The van der Waals surface area contributed by atoms with Crippen molar-refractivity contribution in [1.82, 2.24) is 15.7 Å². The van der Waals surface area contributed by atoms with Crippen LogP contribution >= 0.6 is 0 Å². The van der Waals surface area contributed by atoms with Crippen LogP contribution in [0.4, 0.5) is 13.2 Å². The van der Waals surface area contributed by atoms with Gasteiger partial charge in [-0.05, 0) is 36.2 Å². The predicted octanol–water partition coefficient (Wildman–Crippen LogP) is 5.48. The summed E-state index contributed by atoms with van der Waals surface area (Å²) in [6, 6.07) is 18.1. The number of carbonyl (C=O) groups is 3. The van der Waals surface area contributed by atoms with Gasteiger partial charge in [-0.1, -0.05) is 68.7 Å². The van der Waals surface area contributed by atoms with E-state index in [0.717, 1.165) is 29.9 Å². The van der Waals surface area contributed by atoms with Crippen LogP contribution in [0, 0.1) is 5.92 Å². The van der Waals surface area contributed by atoms with Crippen molar-refractivity contribution in [3.8, 4) is 17.1 Å². The number of rotatable bonds is 17. The van der Waals surface area contributed by atoms with Crippen molar-refractivity contribution in [1.29, 1.82) is 0 Å². The highest BCUT2D eigenvalue weighted by molar-refractivity contribution is 5.92. The summed E-state index contributed by atoms with van der Waals surface area (Å²) in [4.78, 5) is 42.8. The molecule has 1 atom stereocenters. The third kappa shape index (κ3) is 10.9. The van der Waals surface area contributed by atoms with Crippen molar-refractivity contribution in [3.63, 3.8) is 0 Å². The number of ether oxygens (including phenoxy) is 1. The Hall–Kier alpha value is -4.32. The maximum absolute atomic E-state index is 13.0. The highest BCUT2D eigenvalue weighted by Crippen LogP contribution is 2.27. The summed E-state index contributed by atoms with van der Waals surface area (Å²) in [7, 11) is 0. The van der Waals surface area contributed by atoms with Crippen molar-refractivity contribution < 1.29 is 41.5 Å². The van der Waals surface area contributed by atoms with E-state index in [1.165, 1.54) is 30.3 Å². The van der Waals surface area contributed by atoms with E-state index in [4.69, 9.17) is 14.0 Å². The molecule has 0 bridgehead atoms. The van der Waals surface area contributed by atoms with Crippen LogP contribution in [-0.2, 0) is 21.0 Å². The Labute approximate surface area is 241 Å².